The summed E-state index contributed by atoms with van der Waals surface area (Å²) in [5, 5.41) is 8.38. The van der Waals surface area contributed by atoms with Gasteiger partial charge >= 0.3 is 0 Å². The monoisotopic (exact) mass is 276 g/mol. The Hall–Kier alpha value is -0.770. The van der Waals surface area contributed by atoms with Crippen LogP contribution in [0.5, 0.6) is 0 Å². The molecular formula is C10H7Cl3N2O. The van der Waals surface area contributed by atoms with Gasteiger partial charge in [-0.1, -0.05) is 23.2 Å². The van der Waals surface area contributed by atoms with Crippen molar-refractivity contribution in [1.29, 1.82) is 0 Å². The van der Waals surface area contributed by atoms with Crippen molar-refractivity contribution >= 4 is 34.8 Å². The third-order valence-corrected chi connectivity index (χ3v) is 2.68. The van der Waals surface area contributed by atoms with E-state index < -0.39 is 0 Å². The predicted octanol–water partition coefficient (Wildman–Crippen LogP) is 4.34. The average Bonchev–Trinajstić information content (AvgIpc) is 2.66. The molecule has 16 heavy (non-hydrogen) atoms. The topological polar surface area (TPSA) is 38.9 Å². The zero-order valence-electron chi connectivity index (χ0n) is 8.25. The van der Waals surface area contributed by atoms with Gasteiger partial charge in [0.15, 0.2) is 0 Å². The summed E-state index contributed by atoms with van der Waals surface area (Å²) in [7, 11) is 0. The normalized spacial score (nSPS) is 12.8. The van der Waals surface area contributed by atoms with E-state index in [1.807, 2.05) is 0 Å². The third-order valence-electron chi connectivity index (χ3n) is 1.94. The smallest absolute Gasteiger partial charge is 0.249 e. The van der Waals surface area contributed by atoms with Crippen LogP contribution >= 0.6 is 34.8 Å². The van der Waals surface area contributed by atoms with Crippen molar-refractivity contribution in [3.05, 3.63) is 34.1 Å². The lowest BCUT2D eigenvalue weighted by Gasteiger charge is -1.99. The molecular weight excluding hydrogens is 270 g/mol. The predicted molar refractivity (Wildman–Crippen MR) is 64.0 cm³/mol. The van der Waals surface area contributed by atoms with Crippen molar-refractivity contribution < 1.29 is 4.42 Å². The summed E-state index contributed by atoms with van der Waals surface area (Å²) in [5.41, 5.74) is 0.641. The third kappa shape index (κ3) is 2.32. The van der Waals surface area contributed by atoms with E-state index in [4.69, 9.17) is 39.2 Å². The van der Waals surface area contributed by atoms with Gasteiger partial charge in [0.25, 0.3) is 0 Å². The van der Waals surface area contributed by atoms with Crippen LogP contribution in [-0.4, -0.2) is 10.2 Å². The molecule has 1 atom stereocenters. The molecule has 2 rings (SSSR count). The number of nitrogens with zero attached hydrogens (tertiary/aromatic N) is 2. The Bertz CT molecular complexity index is 511. The number of rotatable bonds is 2. The van der Waals surface area contributed by atoms with Crippen molar-refractivity contribution in [2.75, 3.05) is 0 Å². The van der Waals surface area contributed by atoms with Gasteiger partial charge in [-0.3, -0.25) is 0 Å². The molecule has 1 aromatic carbocycles. The maximum absolute atomic E-state index is 6.01. The Morgan fingerprint density at radius 3 is 2.56 bits per heavy atom. The van der Waals surface area contributed by atoms with Gasteiger partial charge in [0, 0.05) is 5.02 Å². The molecule has 0 aliphatic heterocycles. The molecule has 0 unspecified atom stereocenters. The lowest BCUT2D eigenvalue weighted by atomic mass is 10.2. The summed E-state index contributed by atoms with van der Waals surface area (Å²) in [4.78, 5) is 0. The molecule has 2 aromatic rings. The van der Waals surface area contributed by atoms with E-state index in [1.165, 1.54) is 0 Å². The maximum atomic E-state index is 6.01. The van der Waals surface area contributed by atoms with E-state index >= 15 is 0 Å². The van der Waals surface area contributed by atoms with E-state index in [-0.39, 0.29) is 5.38 Å². The molecule has 0 saturated carbocycles. The molecule has 84 valence electrons. The van der Waals surface area contributed by atoms with E-state index in [0.717, 1.165) is 0 Å². The number of halogens is 3. The largest absolute Gasteiger partial charge is 0.419 e. The number of hydrogen-bond donors (Lipinski definition) is 0. The molecule has 6 heteroatoms. The first kappa shape index (κ1) is 11.7. The fraction of sp³-hybridized carbons (Fsp3) is 0.200. The fourth-order valence-corrected chi connectivity index (χ4v) is 1.74. The molecule has 0 aliphatic rings. The Morgan fingerprint density at radius 1 is 1.25 bits per heavy atom. The highest BCUT2D eigenvalue weighted by Crippen LogP contribution is 2.30. The van der Waals surface area contributed by atoms with Crippen LogP contribution in [0, 0.1) is 0 Å². The highest BCUT2D eigenvalue weighted by Gasteiger charge is 2.14. The van der Waals surface area contributed by atoms with E-state index in [0.29, 0.717) is 27.4 Å². The molecule has 0 spiro atoms. The second-order valence-corrected chi connectivity index (χ2v) is 4.68. The number of alkyl halides is 1. The quantitative estimate of drug-likeness (QED) is 0.766. The van der Waals surface area contributed by atoms with Crippen molar-refractivity contribution in [3.63, 3.8) is 0 Å². The molecule has 0 bridgehead atoms. The summed E-state index contributed by atoms with van der Waals surface area (Å²) in [6, 6.07) is 5.05. The first-order chi connectivity index (χ1) is 7.58. The zero-order chi connectivity index (χ0) is 11.7. The van der Waals surface area contributed by atoms with Crippen LogP contribution in [0.2, 0.25) is 10.0 Å². The highest BCUT2D eigenvalue weighted by molar-refractivity contribution is 6.36. The first-order valence-corrected chi connectivity index (χ1v) is 5.70. The molecule has 1 heterocycles. The fourth-order valence-electron chi connectivity index (χ4n) is 1.17. The molecule has 1 aromatic heterocycles. The van der Waals surface area contributed by atoms with Crippen LogP contribution in [0.3, 0.4) is 0 Å². The first-order valence-electron chi connectivity index (χ1n) is 4.51. The molecule has 0 N–H and O–H groups in total. The van der Waals surface area contributed by atoms with Gasteiger partial charge in [-0.25, -0.2) is 0 Å². The van der Waals surface area contributed by atoms with Crippen molar-refractivity contribution in [2.24, 2.45) is 0 Å². The minimum atomic E-state index is -0.327. The Morgan fingerprint density at radius 2 is 2.00 bits per heavy atom. The van der Waals surface area contributed by atoms with Crippen LogP contribution in [0.25, 0.3) is 11.5 Å². The number of benzene rings is 1. The summed E-state index contributed by atoms with van der Waals surface area (Å²) < 4.78 is 5.37. The van der Waals surface area contributed by atoms with Crippen molar-refractivity contribution in [1.82, 2.24) is 10.2 Å². The van der Waals surface area contributed by atoms with Gasteiger partial charge in [-0.05, 0) is 25.1 Å². The molecule has 0 aliphatic carbocycles. The lowest BCUT2D eigenvalue weighted by Crippen LogP contribution is -1.81. The minimum absolute atomic E-state index is 0.327. The second-order valence-electron chi connectivity index (χ2n) is 3.19. The maximum Gasteiger partial charge on any atom is 0.249 e. The van der Waals surface area contributed by atoms with E-state index in [9.17, 15) is 0 Å². The molecule has 0 radical (unpaired) electrons. The van der Waals surface area contributed by atoms with Gasteiger partial charge in [0.1, 0.15) is 5.38 Å². The van der Waals surface area contributed by atoms with Gasteiger partial charge in [-0.15, -0.1) is 21.8 Å². The van der Waals surface area contributed by atoms with Crippen LogP contribution in [0.4, 0.5) is 0 Å². The summed E-state index contributed by atoms with van der Waals surface area (Å²) in [6.45, 7) is 1.75. The van der Waals surface area contributed by atoms with Gasteiger partial charge in [-0.2, -0.15) is 0 Å². The molecule has 0 saturated heterocycles. The van der Waals surface area contributed by atoms with Crippen LogP contribution < -0.4 is 0 Å². The van der Waals surface area contributed by atoms with Crippen molar-refractivity contribution in [2.45, 2.75) is 12.3 Å². The average molecular weight is 278 g/mol. The lowest BCUT2D eigenvalue weighted by molar-refractivity contribution is 0.507. The second kappa shape index (κ2) is 4.62. The Kier molecular flexibility index (Phi) is 3.38. The summed E-state index contributed by atoms with van der Waals surface area (Å²) in [5.74, 6) is 0.701. The Balaban J connectivity index is 2.42. The standard InChI is InChI=1S/C10H7Cl3N2O/c1-5(11)9-14-15-10(16-9)7-3-2-6(12)4-8(7)13/h2-5H,1H3/t5-/m1/s1. The summed E-state index contributed by atoms with van der Waals surface area (Å²) in [6.07, 6.45) is 0. The molecule has 0 fully saturated rings. The van der Waals surface area contributed by atoms with Gasteiger partial charge in [0.05, 0.1) is 10.6 Å². The van der Waals surface area contributed by atoms with Crippen molar-refractivity contribution in [3.8, 4) is 11.5 Å². The molecule has 3 nitrogen and oxygen atoms in total. The van der Waals surface area contributed by atoms with Crippen LogP contribution in [-0.2, 0) is 0 Å². The number of aromatic nitrogens is 2. The highest BCUT2D eigenvalue weighted by atomic mass is 35.5. The van der Waals surface area contributed by atoms with E-state index in [1.54, 1.807) is 25.1 Å². The Labute approximate surface area is 107 Å². The van der Waals surface area contributed by atoms with Gasteiger partial charge in [0.2, 0.25) is 11.8 Å². The SMILES string of the molecule is C[C@@H](Cl)c1nnc(-c2ccc(Cl)cc2Cl)o1. The van der Waals surface area contributed by atoms with E-state index in [2.05, 4.69) is 10.2 Å². The van der Waals surface area contributed by atoms with Crippen LogP contribution in [0.1, 0.15) is 18.2 Å². The number of hydrogen-bond acceptors (Lipinski definition) is 3. The van der Waals surface area contributed by atoms with Crippen LogP contribution in [0.15, 0.2) is 22.6 Å². The minimum Gasteiger partial charge on any atom is -0.419 e. The zero-order valence-corrected chi connectivity index (χ0v) is 10.5. The van der Waals surface area contributed by atoms with Gasteiger partial charge < -0.3 is 4.42 Å². The summed E-state index contributed by atoms with van der Waals surface area (Å²) >= 11 is 17.6. The molecule has 0 amide bonds.